The number of carbonyl (C=O) groups is 1. The largest absolute Gasteiger partial charge is 0.396 e. The van der Waals surface area contributed by atoms with E-state index in [0.29, 0.717) is 24.8 Å². The van der Waals surface area contributed by atoms with Crippen molar-refractivity contribution in [3.05, 3.63) is 11.9 Å². The van der Waals surface area contributed by atoms with E-state index in [9.17, 15) is 4.79 Å². The second-order valence-corrected chi connectivity index (χ2v) is 5.67. The fraction of sp³-hybridized carbons (Fsp3) is 0.786. The number of carbonyl (C=O) groups excluding carboxylic acids is 1. The lowest BCUT2D eigenvalue weighted by Gasteiger charge is -2.29. The summed E-state index contributed by atoms with van der Waals surface area (Å²) >= 11 is 0. The summed E-state index contributed by atoms with van der Waals surface area (Å²) in [6.45, 7) is 2.56. The van der Waals surface area contributed by atoms with Gasteiger partial charge in [-0.15, -0.1) is 5.10 Å². The van der Waals surface area contributed by atoms with Gasteiger partial charge in [0.1, 0.15) is 6.54 Å². The van der Waals surface area contributed by atoms with Gasteiger partial charge in [0, 0.05) is 18.8 Å². The minimum Gasteiger partial charge on any atom is -0.396 e. The summed E-state index contributed by atoms with van der Waals surface area (Å²) in [4.78, 5) is 12.0. The highest BCUT2D eigenvalue weighted by atomic mass is 16.2. The smallest absolute Gasteiger partial charge is 0.242 e. The lowest BCUT2D eigenvalue weighted by molar-refractivity contribution is -0.123. The molecule has 1 fully saturated rings. The molecule has 20 heavy (non-hydrogen) atoms. The molecule has 1 aromatic heterocycles. The van der Waals surface area contributed by atoms with Crippen molar-refractivity contribution >= 4 is 5.91 Å². The van der Waals surface area contributed by atoms with E-state index in [4.69, 9.17) is 5.11 Å². The summed E-state index contributed by atoms with van der Waals surface area (Å²) in [6.07, 6.45) is 7.88. The van der Waals surface area contributed by atoms with E-state index >= 15 is 0 Å². The van der Waals surface area contributed by atoms with Crippen LogP contribution in [0.25, 0.3) is 0 Å². The van der Waals surface area contributed by atoms with Crippen LogP contribution in [-0.4, -0.2) is 38.7 Å². The lowest BCUT2D eigenvalue weighted by atomic mass is 9.86. The molecule has 0 spiro atoms. The van der Waals surface area contributed by atoms with Crippen molar-refractivity contribution in [2.24, 2.45) is 5.92 Å². The van der Waals surface area contributed by atoms with Gasteiger partial charge >= 0.3 is 0 Å². The second-order valence-electron chi connectivity index (χ2n) is 5.67. The Hall–Kier alpha value is -1.43. The lowest BCUT2D eigenvalue weighted by Crippen LogP contribution is -2.42. The Balaban J connectivity index is 1.80. The highest BCUT2D eigenvalue weighted by molar-refractivity contribution is 5.75. The van der Waals surface area contributed by atoms with Crippen molar-refractivity contribution in [3.8, 4) is 0 Å². The van der Waals surface area contributed by atoms with Crippen LogP contribution in [0.4, 0.5) is 0 Å². The molecule has 1 heterocycles. The molecule has 2 rings (SSSR count). The van der Waals surface area contributed by atoms with Crippen molar-refractivity contribution in [3.63, 3.8) is 0 Å². The average molecular weight is 280 g/mol. The molecule has 6 heteroatoms. The molecular weight excluding hydrogens is 256 g/mol. The molecule has 6 nitrogen and oxygen atoms in total. The monoisotopic (exact) mass is 280 g/mol. The maximum absolute atomic E-state index is 12.0. The zero-order valence-corrected chi connectivity index (χ0v) is 12.1. The predicted octanol–water partition coefficient (Wildman–Crippen LogP) is 0.898. The summed E-state index contributed by atoms with van der Waals surface area (Å²) < 4.78 is 1.57. The highest BCUT2D eigenvalue weighted by Crippen LogP contribution is 2.23. The third-order valence-electron chi connectivity index (χ3n) is 3.94. The Kier molecular flexibility index (Phi) is 5.52. The molecule has 1 aliphatic carbocycles. The van der Waals surface area contributed by atoms with Crippen LogP contribution in [0.2, 0.25) is 0 Å². The maximum atomic E-state index is 12.0. The first kappa shape index (κ1) is 15.0. The van der Waals surface area contributed by atoms with Crippen molar-refractivity contribution in [1.29, 1.82) is 0 Å². The zero-order chi connectivity index (χ0) is 14.4. The van der Waals surface area contributed by atoms with E-state index in [1.807, 2.05) is 0 Å². The van der Waals surface area contributed by atoms with Crippen molar-refractivity contribution < 1.29 is 9.90 Å². The topological polar surface area (TPSA) is 80.0 Å². The zero-order valence-electron chi connectivity index (χ0n) is 12.1. The number of aromatic nitrogens is 3. The normalized spacial score (nSPS) is 22.7. The molecule has 0 aromatic carbocycles. The van der Waals surface area contributed by atoms with Gasteiger partial charge < -0.3 is 10.4 Å². The maximum Gasteiger partial charge on any atom is 0.242 e. The van der Waals surface area contributed by atoms with Gasteiger partial charge in [0.2, 0.25) is 5.91 Å². The number of hydrogen-bond donors (Lipinski definition) is 2. The number of aliphatic hydroxyl groups is 1. The Labute approximate surface area is 119 Å². The van der Waals surface area contributed by atoms with Crippen molar-refractivity contribution in [1.82, 2.24) is 20.3 Å². The molecule has 2 N–H and O–H groups in total. The van der Waals surface area contributed by atoms with Crippen LogP contribution in [0.3, 0.4) is 0 Å². The number of nitrogens with zero attached hydrogens (tertiary/aromatic N) is 3. The van der Waals surface area contributed by atoms with Crippen LogP contribution in [0.5, 0.6) is 0 Å². The summed E-state index contributed by atoms with van der Waals surface area (Å²) in [6, 6.07) is 0.300. The first-order chi connectivity index (χ1) is 9.69. The Morgan fingerprint density at radius 3 is 3.05 bits per heavy atom. The Bertz CT molecular complexity index is 433. The summed E-state index contributed by atoms with van der Waals surface area (Å²) in [5.74, 6) is 0.561. The van der Waals surface area contributed by atoms with Crippen molar-refractivity contribution in [2.75, 3.05) is 6.61 Å². The first-order valence-corrected chi connectivity index (χ1v) is 7.48. The molecule has 1 saturated carbocycles. The summed E-state index contributed by atoms with van der Waals surface area (Å²) in [5, 5.41) is 19.8. The fourth-order valence-corrected chi connectivity index (χ4v) is 2.72. The summed E-state index contributed by atoms with van der Waals surface area (Å²) in [7, 11) is 0. The van der Waals surface area contributed by atoms with E-state index in [2.05, 4.69) is 22.6 Å². The minimum absolute atomic E-state index is 0.00218. The third-order valence-corrected chi connectivity index (χ3v) is 3.94. The van der Waals surface area contributed by atoms with Crippen LogP contribution in [0, 0.1) is 5.92 Å². The van der Waals surface area contributed by atoms with E-state index in [1.54, 1.807) is 10.9 Å². The van der Waals surface area contributed by atoms with Gasteiger partial charge in [-0.05, 0) is 31.6 Å². The molecule has 0 bridgehead atoms. The van der Waals surface area contributed by atoms with E-state index < -0.39 is 0 Å². The number of hydrogen-bond acceptors (Lipinski definition) is 4. The van der Waals surface area contributed by atoms with Crippen LogP contribution in [0.1, 0.15) is 44.7 Å². The standard InChI is InChI=1S/C14H24N4O2/c1-11-5-2-3-7-13(11)15-14(20)10-18-9-12(16-17-18)6-4-8-19/h9,11,13,19H,2-8,10H2,1H3,(H,15,20). The molecule has 0 aliphatic heterocycles. The minimum atomic E-state index is 0.00218. The molecule has 112 valence electrons. The molecule has 2 unspecified atom stereocenters. The Morgan fingerprint density at radius 2 is 2.30 bits per heavy atom. The van der Waals surface area contributed by atoms with Gasteiger partial charge in [0.05, 0.1) is 5.69 Å². The first-order valence-electron chi connectivity index (χ1n) is 7.48. The van der Waals surface area contributed by atoms with Gasteiger partial charge in [-0.2, -0.15) is 0 Å². The third kappa shape index (κ3) is 4.30. The molecule has 1 amide bonds. The van der Waals surface area contributed by atoms with Crippen molar-refractivity contribution in [2.45, 2.75) is 58.0 Å². The van der Waals surface area contributed by atoms with E-state index in [1.165, 1.54) is 19.3 Å². The van der Waals surface area contributed by atoms with Gasteiger partial charge in [-0.1, -0.05) is 25.0 Å². The second kappa shape index (κ2) is 7.38. The molecule has 0 saturated heterocycles. The fourth-order valence-electron chi connectivity index (χ4n) is 2.72. The van der Waals surface area contributed by atoms with E-state index in [0.717, 1.165) is 12.1 Å². The van der Waals surface area contributed by atoms with Crippen LogP contribution in [0.15, 0.2) is 6.20 Å². The number of aliphatic hydroxyl groups excluding tert-OH is 1. The predicted molar refractivity (Wildman–Crippen MR) is 75.0 cm³/mol. The van der Waals surface area contributed by atoms with Gasteiger partial charge in [-0.3, -0.25) is 4.79 Å². The quantitative estimate of drug-likeness (QED) is 0.811. The van der Waals surface area contributed by atoms with Crippen LogP contribution >= 0.6 is 0 Å². The van der Waals surface area contributed by atoms with Crippen LogP contribution < -0.4 is 5.32 Å². The molecular formula is C14H24N4O2. The van der Waals surface area contributed by atoms with Gasteiger partial charge in [0.25, 0.3) is 0 Å². The number of amides is 1. The number of rotatable bonds is 6. The average Bonchev–Trinajstić information content (AvgIpc) is 2.86. The molecule has 1 aromatic rings. The summed E-state index contributed by atoms with van der Waals surface area (Å²) in [5.41, 5.74) is 0.817. The van der Waals surface area contributed by atoms with Gasteiger partial charge in [-0.25, -0.2) is 4.68 Å². The van der Waals surface area contributed by atoms with E-state index in [-0.39, 0.29) is 19.1 Å². The highest BCUT2D eigenvalue weighted by Gasteiger charge is 2.22. The number of nitrogens with one attached hydrogen (secondary N) is 1. The molecule has 1 aliphatic rings. The van der Waals surface area contributed by atoms with Crippen LogP contribution in [-0.2, 0) is 17.8 Å². The molecule has 0 radical (unpaired) electrons. The Morgan fingerprint density at radius 1 is 1.50 bits per heavy atom. The molecule has 2 atom stereocenters. The SMILES string of the molecule is CC1CCCCC1NC(=O)Cn1cc(CCCO)nn1. The van der Waals surface area contributed by atoms with Gasteiger partial charge in [0.15, 0.2) is 0 Å². The number of aryl methyl sites for hydroxylation is 1.